The summed E-state index contributed by atoms with van der Waals surface area (Å²) in [6, 6.07) is 5.97. The average Bonchev–Trinajstić information content (AvgIpc) is 2.28. The van der Waals surface area contributed by atoms with Crippen molar-refractivity contribution in [2.75, 3.05) is 11.9 Å². The van der Waals surface area contributed by atoms with E-state index in [0.717, 1.165) is 16.8 Å². The van der Waals surface area contributed by atoms with E-state index in [-0.39, 0.29) is 17.7 Å². The van der Waals surface area contributed by atoms with E-state index in [9.17, 15) is 9.59 Å². The molecule has 0 radical (unpaired) electrons. The Morgan fingerprint density at radius 3 is 2.50 bits per heavy atom. The van der Waals surface area contributed by atoms with E-state index in [1.165, 1.54) is 0 Å². The van der Waals surface area contributed by atoms with Crippen LogP contribution in [0.5, 0.6) is 0 Å². The fourth-order valence-corrected chi connectivity index (χ4v) is 2.25. The van der Waals surface area contributed by atoms with Crippen LogP contribution in [0.4, 0.5) is 5.69 Å². The molecule has 1 atom stereocenters. The molecule has 1 aliphatic rings. The second-order valence-electron chi connectivity index (χ2n) is 4.91. The topological polar surface area (TPSA) is 58.2 Å². The van der Waals surface area contributed by atoms with Gasteiger partial charge in [-0.25, -0.2) is 0 Å². The monoisotopic (exact) mass is 246 g/mol. The van der Waals surface area contributed by atoms with Crippen LogP contribution in [0.3, 0.4) is 0 Å². The molecule has 1 fully saturated rings. The molecule has 18 heavy (non-hydrogen) atoms. The summed E-state index contributed by atoms with van der Waals surface area (Å²) in [5.74, 6) is -0.103. The lowest BCUT2D eigenvalue weighted by atomic mass is 9.98. The first kappa shape index (κ1) is 12.6. The van der Waals surface area contributed by atoms with Gasteiger partial charge in [-0.05, 0) is 43.5 Å². The van der Waals surface area contributed by atoms with E-state index >= 15 is 0 Å². The Kier molecular flexibility index (Phi) is 3.65. The highest BCUT2D eigenvalue weighted by Gasteiger charge is 2.24. The van der Waals surface area contributed by atoms with Crippen molar-refractivity contribution in [2.45, 2.75) is 26.7 Å². The molecule has 1 heterocycles. The highest BCUT2D eigenvalue weighted by atomic mass is 16.2. The van der Waals surface area contributed by atoms with Crippen molar-refractivity contribution in [1.29, 1.82) is 0 Å². The summed E-state index contributed by atoms with van der Waals surface area (Å²) in [5.41, 5.74) is 3.08. The normalized spacial score (nSPS) is 19.2. The molecule has 0 aliphatic carbocycles. The number of anilines is 1. The summed E-state index contributed by atoms with van der Waals surface area (Å²) >= 11 is 0. The van der Waals surface area contributed by atoms with E-state index < -0.39 is 0 Å². The Balaban J connectivity index is 2.00. The van der Waals surface area contributed by atoms with E-state index in [0.29, 0.717) is 19.4 Å². The number of carbonyl (C=O) groups excluding carboxylic acids is 2. The van der Waals surface area contributed by atoms with Crippen LogP contribution in [0, 0.1) is 19.8 Å². The van der Waals surface area contributed by atoms with Crippen LogP contribution in [-0.2, 0) is 9.59 Å². The maximum Gasteiger partial charge on any atom is 0.229 e. The Hall–Kier alpha value is -1.84. The average molecular weight is 246 g/mol. The number of hydrogen-bond acceptors (Lipinski definition) is 2. The van der Waals surface area contributed by atoms with Crippen LogP contribution >= 0.6 is 0 Å². The van der Waals surface area contributed by atoms with Gasteiger partial charge < -0.3 is 10.6 Å². The largest absolute Gasteiger partial charge is 0.355 e. The molecule has 0 aromatic heterocycles. The fraction of sp³-hybridized carbons (Fsp3) is 0.429. The van der Waals surface area contributed by atoms with Crippen molar-refractivity contribution in [3.63, 3.8) is 0 Å². The molecule has 0 spiro atoms. The van der Waals surface area contributed by atoms with Gasteiger partial charge in [0.1, 0.15) is 0 Å². The first-order valence-corrected chi connectivity index (χ1v) is 6.20. The second kappa shape index (κ2) is 5.21. The summed E-state index contributed by atoms with van der Waals surface area (Å²) < 4.78 is 0. The van der Waals surface area contributed by atoms with Crippen LogP contribution in [0.15, 0.2) is 18.2 Å². The molecule has 1 aromatic carbocycles. The van der Waals surface area contributed by atoms with Crippen LogP contribution < -0.4 is 10.6 Å². The molecule has 4 heteroatoms. The molecular weight excluding hydrogens is 228 g/mol. The molecule has 2 rings (SSSR count). The van der Waals surface area contributed by atoms with Crippen molar-refractivity contribution in [3.8, 4) is 0 Å². The third-order valence-corrected chi connectivity index (χ3v) is 3.13. The highest BCUT2D eigenvalue weighted by molar-refractivity contribution is 5.94. The summed E-state index contributed by atoms with van der Waals surface area (Å²) in [7, 11) is 0. The van der Waals surface area contributed by atoms with E-state index in [2.05, 4.69) is 16.7 Å². The van der Waals surface area contributed by atoms with Gasteiger partial charge in [-0.15, -0.1) is 0 Å². The quantitative estimate of drug-likeness (QED) is 0.835. The minimum atomic E-state index is -0.122. The zero-order valence-corrected chi connectivity index (χ0v) is 10.7. The van der Waals surface area contributed by atoms with Crippen molar-refractivity contribution in [2.24, 2.45) is 5.92 Å². The van der Waals surface area contributed by atoms with Gasteiger partial charge in [0.25, 0.3) is 0 Å². The number of piperidine rings is 1. The van der Waals surface area contributed by atoms with Gasteiger partial charge in [0.15, 0.2) is 0 Å². The molecule has 0 saturated carbocycles. The molecule has 1 saturated heterocycles. The molecule has 2 N–H and O–H groups in total. The van der Waals surface area contributed by atoms with Crippen molar-refractivity contribution >= 4 is 17.5 Å². The molecule has 96 valence electrons. The number of carbonyl (C=O) groups is 2. The lowest BCUT2D eigenvalue weighted by Gasteiger charge is -2.21. The SMILES string of the molecule is Cc1cc(C)cc(NC(=O)C2CCC(=O)NC2)c1. The first-order valence-electron chi connectivity index (χ1n) is 6.20. The Bertz CT molecular complexity index is 452. The Labute approximate surface area is 107 Å². The third-order valence-electron chi connectivity index (χ3n) is 3.13. The number of benzene rings is 1. The molecule has 4 nitrogen and oxygen atoms in total. The van der Waals surface area contributed by atoms with Gasteiger partial charge in [0, 0.05) is 18.7 Å². The molecule has 1 aliphatic heterocycles. The molecule has 0 bridgehead atoms. The summed E-state index contributed by atoms with van der Waals surface area (Å²) in [4.78, 5) is 23.1. The zero-order valence-electron chi connectivity index (χ0n) is 10.7. The van der Waals surface area contributed by atoms with Gasteiger partial charge in [-0.2, -0.15) is 0 Å². The van der Waals surface area contributed by atoms with Gasteiger partial charge in [-0.3, -0.25) is 9.59 Å². The van der Waals surface area contributed by atoms with E-state index in [4.69, 9.17) is 0 Å². The zero-order chi connectivity index (χ0) is 13.1. The van der Waals surface area contributed by atoms with E-state index in [1.54, 1.807) is 0 Å². The minimum Gasteiger partial charge on any atom is -0.355 e. The minimum absolute atomic E-state index is 0.0139. The van der Waals surface area contributed by atoms with Crippen molar-refractivity contribution < 1.29 is 9.59 Å². The summed E-state index contributed by atoms with van der Waals surface area (Å²) in [6.07, 6.45) is 1.06. The summed E-state index contributed by atoms with van der Waals surface area (Å²) in [6.45, 7) is 4.45. The van der Waals surface area contributed by atoms with Crippen molar-refractivity contribution in [3.05, 3.63) is 29.3 Å². The molecule has 1 aromatic rings. The van der Waals surface area contributed by atoms with Gasteiger partial charge >= 0.3 is 0 Å². The number of aryl methyl sites for hydroxylation is 2. The Morgan fingerprint density at radius 2 is 1.94 bits per heavy atom. The standard InChI is InChI=1S/C14H18N2O2/c1-9-5-10(2)7-12(6-9)16-14(18)11-3-4-13(17)15-8-11/h5-7,11H,3-4,8H2,1-2H3,(H,15,17)(H,16,18). The number of rotatable bonds is 2. The maximum absolute atomic E-state index is 12.0. The van der Waals surface area contributed by atoms with Crippen LogP contribution in [0.2, 0.25) is 0 Å². The maximum atomic E-state index is 12.0. The van der Waals surface area contributed by atoms with Crippen molar-refractivity contribution in [1.82, 2.24) is 5.32 Å². The third kappa shape index (κ3) is 3.09. The lowest BCUT2D eigenvalue weighted by Crippen LogP contribution is -2.40. The predicted octanol–water partition coefficient (Wildman–Crippen LogP) is 1.77. The molecule has 1 unspecified atom stereocenters. The molecular formula is C14H18N2O2. The predicted molar refractivity (Wildman–Crippen MR) is 70.3 cm³/mol. The van der Waals surface area contributed by atoms with Gasteiger partial charge in [0.2, 0.25) is 11.8 Å². The van der Waals surface area contributed by atoms with Crippen LogP contribution in [0.1, 0.15) is 24.0 Å². The fourth-order valence-electron chi connectivity index (χ4n) is 2.25. The van der Waals surface area contributed by atoms with Crippen LogP contribution in [-0.4, -0.2) is 18.4 Å². The van der Waals surface area contributed by atoms with Crippen LogP contribution in [0.25, 0.3) is 0 Å². The van der Waals surface area contributed by atoms with E-state index in [1.807, 2.05) is 26.0 Å². The number of amides is 2. The molecule has 2 amide bonds. The number of hydrogen-bond donors (Lipinski definition) is 2. The smallest absolute Gasteiger partial charge is 0.229 e. The second-order valence-corrected chi connectivity index (χ2v) is 4.91. The van der Waals surface area contributed by atoms with Gasteiger partial charge in [-0.1, -0.05) is 6.07 Å². The number of nitrogens with one attached hydrogen (secondary N) is 2. The van der Waals surface area contributed by atoms with Gasteiger partial charge in [0.05, 0.1) is 5.92 Å². The lowest BCUT2D eigenvalue weighted by molar-refractivity contribution is -0.126. The summed E-state index contributed by atoms with van der Waals surface area (Å²) in [5, 5.41) is 5.64. The highest BCUT2D eigenvalue weighted by Crippen LogP contribution is 2.17. The Morgan fingerprint density at radius 1 is 1.28 bits per heavy atom. The first-order chi connectivity index (χ1) is 8.54.